The Morgan fingerprint density at radius 2 is 2.08 bits per heavy atom. The third-order valence-corrected chi connectivity index (χ3v) is 5.60. The van der Waals surface area contributed by atoms with E-state index in [1.54, 1.807) is 0 Å². The Kier molecular flexibility index (Phi) is 7.16. The van der Waals surface area contributed by atoms with E-state index < -0.39 is 0 Å². The first-order valence-electron chi connectivity index (χ1n) is 8.15. The number of thioether (sulfide) groups is 1. The van der Waals surface area contributed by atoms with Crippen molar-refractivity contribution in [3.8, 4) is 0 Å². The molecule has 0 atom stereocenters. The number of carbonyl (C=O) groups is 1. The summed E-state index contributed by atoms with van der Waals surface area (Å²) in [6.45, 7) is 9.27. The number of unbranched alkanes of at least 4 members (excludes halogenated alkanes) is 1. The summed E-state index contributed by atoms with van der Waals surface area (Å²) >= 11 is 3.78. The number of carbonyl (C=O) groups excluding carboxylic acids is 1. The van der Waals surface area contributed by atoms with Crippen LogP contribution < -0.4 is 5.32 Å². The third-order valence-electron chi connectivity index (χ3n) is 3.95. The number of nitrogens with one attached hydrogen (secondary N) is 1. The number of rotatable bonds is 7. The molecule has 24 heavy (non-hydrogen) atoms. The van der Waals surface area contributed by atoms with Gasteiger partial charge in [-0.1, -0.05) is 25.1 Å². The predicted molar refractivity (Wildman–Crippen MR) is 110 cm³/mol. The molecule has 0 aliphatic rings. The lowest BCUT2D eigenvalue weighted by molar-refractivity contribution is -0.113. The third kappa shape index (κ3) is 4.99. The molecule has 1 aromatic carbocycles. The molecule has 0 saturated heterocycles. The Morgan fingerprint density at radius 1 is 1.33 bits per heavy atom. The van der Waals surface area contributed by atoms with Crippen molar-refractivity contribution in [1.29, 1.82) is 0 Å². The molecule has 0 spiro atoms. The van der Waals surface area contributed by atoms with E-state index in [2.05, 4.69) is 57.4 Å². The summed E-state index contributed by atoms with van der Waals surface area (Å²) in [4.78, 5) is 16.9. The second-order valence-corrected chi connectivity index (χ2v) is 8.05. The fraction of sp³-hybridized carbons (Fsp3) is 0.444. The first-order valence-corrected chi connectivity index (χ1v) is 10.2. The number of aryl methyl sites for hydroxylation is 2. The molecule has 2 aromatic rings. The van der Waals surface area contributed by atoms with Crippen molar-refractivity contribution in [3.05, 3.63) is 38.7 Å². The summed E-state index contributed by atoms with van der Waals surface area (Å²) in [7, 11) is 0. The summed E-state index contributed by atoms with van der Waals surface area (Å²) in [6, 6.07) is 6.02. The highest BCUT2D eigenvalue weighted by Gasteiger charge is 2.13. The van der Waals surface area contributed by atoms with Crippen LogP contribution in [0.25, 0.3) is 0 Å². The molecule has 1 aromatic heterocycles. The highest BCUT2D eigenvalue weighted by Crippen LogP contribution is 2.23. The highest BCUT2D eigenvalue weighted by molar-refractivity contribution is 14.1. The van der Waals surface area contributed by atoms with Crippen molar-refractivity contribution in [3.63, 3.8) is 0 Å². The number of halogens is 1. The van der Waals surface area contributed by atoms with Gasteiger partial charge in [0.15, 0.2) is 5.16 Å². The molecular weight excluding hydrogens is 433 g/mol. The quantitative estimate of drug-likeness (QED) is 0.473. The second-order valence-electron chi connectivity index (χ2n) is 5.87. The fourth-order valence-corrected chi connectivity index (χ4v) is 3.96. The molecule has 0 bridgehead atoms. The summed E-state index contributed by atoms with van der Waals surface area (Å²) in [5.74, 6) is 0.373. The SMILES string of the molecule is CCCCn1c(SCC(=O)Nc2ccc(I)cc2C)nc(C)c1C. The van der Waals surface area contributed by atoms with Gasteiger partial charge in [0.25, 0.3) is 0 Å². The monoisotopic (exact) mass is 457 g/mol. The predicted octanol–water partition coefficient (Wildman–Crippen LogP) is 4.94. The molecule has 1 heterocycles. The van der Waals surface area contributed by atoms with E-state index in [1.807, 2.05) is 26.0 Å². The molecule has 2 rings (SSSR count). The highest BCUT2D eigenvalue weighted by atomic mass is 127. The van der Waals surface area contributed by atoms with Crippen LogP contribution in [0.15, 0.2) is 23.4 Å². The van der Waals surface area contributed by atoms with Crippen LogP contribution >= 0.6 is 34.4 Å². The van der Waals surface area contributed by atoms with Gasteiger partial charge in [-0.05, 0) is 73.5 Å². The molecule has 0 aliphatic carbocycles. The van der Waals surface area contributed by atoms with Crippen molar-refractivity contribution in [2.45, 2.75) is 52.2 Å². The Labute approximate surface area is 162 Å². The van der Waals surface area contributed by atoms with Gasteiger partial charge in [0.05, 0.1) is 11.4 Å². The lowest BCUT2D eigenvalue weighted by Crippen LogP contribution is -2.15. The van der Waals surface area contributed by atoms with Gasteiger partial charge in [-0.2, -0.15) is 0 Å². The molecule has 0 radical (unpaired) electrons. The number of hydrogen-bond acceptors (Lipinski definition) is 3. The maximum absolute atomic E-state index is 12.3. The minimum Gasteiger partial charge on any atom is -0.325 e. The molecule has 1 amide bonds. The summed E-state index contributed by atoms with van der Waals surface area (Å²) in [5.41, 5.74) is 4.20. The number of amides is 1. The maximum Gasteiger partial charge on any atom is 0.234 e. The van der Waals surface area contributed by atoms with Crippen molar-refractivity contribution in [2.24, 2.45) is 0 Å². The number of imidazole rings is 1. The normalized spacial score (nSPS) is 10.9. The maximum atomic E-state index is 12.3. The zero-order valence-corrected chi connectivity index (χ0v) is 17.6. The minimum atomic E-state index is 0.00431. The van der Waals surface area contributed by atoms with Gasteiger partial charge in [0.2, 0.25) is 5.91 Å². The average Bonchev–Trinajstić information content (AvgIpc) is 2.80. The van der Waals surface area contributed by atoms with Gasteiger partial charge in [-0.15, -0.1) is 0 Å². The van der Waals surface area contributed by atoms with Gasteiger partial charge < -0.3 is 9.88 Å². The Bertz CT molecular complexity index is 727. The average molecular weight is 457 g/mol. The summed E-state index contributed by atoms with van der Waals surface area (Å²) in [5, 5.41) is 3.93. The van der Waals surface area contributed by atoms with E-state index in [0.717, 1.165) is 41.5 Å². The van der Waals surface area contributed by atoms with E-state index in [-0.39, 0.29) is 5.91 Å². The van der Waals surface area contributed by atoms with Gasteiger partial charge in [-0.25, -0.2) is 4.98 Å². The Morgan fingerprint density at radius 3 is 2.75 bits per heavy atom. The van der Waals surface area contributed by atoms with Crippen LogP contribution in [0.5, 0.6) is 0 Å². The van der Waals surface area contributed by atoms with E-state index in [4.69, 9.17) is 0 Å². The number of benzene rings is 1. The Hall–Kier alpha value is -1.02. The zero-order chi connectivity index (χ0) is 17.7. The molecule has 6 heteroatoms. The van der Waals surface area contributed by atoms with E-state index >= 15 is 0 Å². The smallest absolute Gasteiger partial charge is 0.234 e. The number of nitrogens with zero attached hydrogens (tertiary/aromatic N) is 2. The largest absolute Gasteiger partial charge is 0.325 e. The standard InChI is InChI=1S/C18H24IN3OS/c1-5-6-9-22-14(4)13(3)20-18(22)24-11-17(23)21-16-8-7-15(19)10-12(16)2/h7-8,10H,5-6,9,11H2,1-4H3,(H,21,23). The van der Waals surface area contributed by atoms with E-state index in [9.17, 15) is 4.79 Å². The zero-order valence-electron chi connectivity index (χ0n) is 14.6. The van der Waals surface area contributed by atoms with E-state index in [0.29, 0.717) is 5.75 Å². The lowest BCUT2D eigenvalue weighted by Gasteiger charge is -2.10. The van der Waals surface area contributed by atoms with Gasteiger partial charge >= 0.3 is 0 Å². The summed E-state index contributed by atoms with van der Waals surface area (Å²) in [6.07, 6.45) is 2.27. The molecular formula is C18H24IN3OS. The van der Waals surface area contributed by atoms with Crippen molar-refractivity contribution in [1.82, 2.24) is 9.55 Å². The minimum absolute atomic E-state index is 0.00431. The van der Waals surface area contributed by atoms with E-state index in [1.165, 1.54) is 21.0 Å². The van der Waals surface area contributed by atoms with Gasteiger partial charge in [0, 0.05) is 21.5 Å². The molecule has 4 nitrogen and oxygen atoms in total. The van der Waals surface area contributed by atoms with Crippen molar-refractivity contribution < 1.29 is 4.79 Å². The lowest BCUT2D eigenvalue weighted by atomic mass is 10.2. The molecule has 130 valence electrons. The van der Waals surface area contributed by atoms with Crippen LogP contribution in [-0.2, 0) is 11.3 Å². The van der Waals surface area contributed by atoms with Crippen LogP contribution in [-0.4, -0.2) is 21.2 Å². The molecule has 0 fully saturated rings. The molecule has 1 N–H and O–H groups in total. The molecule has 0 saturated carbocycles. The molecule has 0 unspecified atom stereocenters. The summed E-state index contributed by atoms with van der Waals surface area (Å²) < 4.78 is 3.40. The topological polar surface area (TPSA) is 46.9 Å². The number of anilines is 1. The first-order chi connectivity index (χ1) is 11.4. The van der Waals surface area contributed by atoms with Crippen molar-refractivity contribution in [2.75, 3.05) is 11.1 Å². The van der Waals surface area contributed by atoms with Crippen LogP contribution in [0.4, 0.5) is 5.69 Å². The Balaban J connectivity index is 2.00. The van der Waals surface area contributed by atoms with Crippen LogP contribution in [0.2, 0.25) is 0 Å². The number of aromatic nitrogens is 2. The first kappa shape index (κ1) is 19.3. The molecule has 0 aliphatic heterocycles. The number of hydrogen-bond donors (Lipinski definition) is 1. The van der Waals surface area contributed by atoms with Crippen molar-refractivity contribution >= 4 is 45.9 Å². The van der Waals surface area contributed by atoms with Crippen LogP contribution in [0.1, 0.15) is 36.7 Å². The van der Waals surface area contributed by atoms with Crippen LogP contribution in [0, 0.1) is 24.3 Å². The fourth-order valence-electron chi connectivity index (χ4n) is 2.40. The van der Waals surface area contributed by atoms with Gasteiger partial charge in [0.1, 0.15) is 0 Å². The van der Waals surface area contributed by atoms with Gasteiger partial charge in [-0.3, -0.25) is 4.79 Å². The van der Waals surface area contributed by atoms with Crippen LogP contribution in [0.3, 0.4) is 0 Å². The second kappa shape index (κ2) is 8.89.